The van der Waals surface area contributed by atoms with Crippen LogP contribution in [0.5, 0.6) is 0 Å². The van der Waals surface area contributed by atoms with Crippen LogP contribution in [0.1, 0.15) is 5.89 Å². The summed E-state index contributed by atoms with van der Waals surface area (Å²) >= 11 is 0. The Labute approximate surface area is 138 Å². The first-order valence-electron chi connectivity index (χ1n) is 7.18. The molecule has 0 aliphatic rings. The fourth-order valence-electron chi connectivity index (χ4n) is 2.08. The van der Waals surface area contributed by atoms with Gasteiger partial charge in [-0.15, -0.1) is 10.2 Å². The van der Waals surface area contributed by atoms with E-state index in [2.05, 4.69) is 14.9 Å². The third-order valence-electron chi connectivity index (χ3n) is 3.24. The number of halogens is 1. The summed E-state index contributed by atoms with van der Waals surface area (Å²) in [4.78, 5) is -0.388. The number of rotatable bonds is 6. The van der Waals surface area contributed by atoms with Gasteiger partial charge < -0.3 is 4.42 Å². The van der Waals surface area contributed by atoms with Gasteiger partial charge in [-0.25, -0.2) is 17.5 Å². The Hall–Kier alpha value is -2.58. The predicted octanol–water partition coefficient (Wildman–Crippen LogP) is 2.40. The lowest BCUT2D eigenvalue weighted by atomic mass is 10.2. The van der Waals surface area contributed by atoms with Gasteiger partial charge in [-0.1, -0.05) is 30.3 Å². The molecule has 0 atom stereocenters. The first-order valence-corrected chi connectivity index (χ1v) is 8.66. The fourth-order valence-corrected chi connectivity index (χ4v) is 3.19. The maximum absolute atomic E-state index is 13.6. The average Bonchev–Trinajstić information content (AvgIpc) is 3.05. The van der Waals surface area contributed by atoms with Crippen molar-refractivity contribution < 1.29 is 17.2 Å². The summed E-state index contributed by atoms with van der Waals surface area (Å²) in [6, 6.07) is 14.4. The van der Waals surface area contributed by atoms with Gasteiger partial charge >= 0.3 is 0 Å². The largest absolute Gasteiger partial charge is 0.421 e. The molecule has 3 rings (SSSR count). The molecule has 0 radical (unpaired) electrons. The Balaban J connectivity index is 1.63. The first kappa shape index (κ1) is 16.3. The number of benzene rings is 2. The summed E-state index contributed by atoms with van der Waals surface area (Å²) in [6.07, 6.45) is 0.202. The lowest BCUT2D eigenvalue weighted by Gasteiger charge is -2.06. The Morgan fingerprint density at radius 1 is 1.00 bits per heavy atom. The lowest BCUT2D eigenvalue weighted by Crippen LogP contribution is -2.26. The number of hydrogen-bond acceptors (Lipinski definition) is 5. The summed E-state index contributed by atoms with van der Waals surface area (Å²) in [7, 11) is -3.92. The third-order valence-corrected chi connectivity index (χ3v) is 4.74. The third kappa shape index (κ3) is 3.66. The Kier molecular flexibility index (Phi) is 4.68. The monoisotopic (exact) mass is 347 g/mol. The normalized spacial score (nSPS) is 11.5. The molecule has 0 fully saturated rings. The summed E-state index contributed by atoms with van der Waals surface area (Å²) < 4.78 is 45.5. The molecule has 0 saturated carbocycles. The highest BCUT2D eigenvalue weighted by molar-refractivity contribution is 7.89. The topological polar surface area (TPSA) is 85.1 Å². The van der Waals surface area contributed by atoms with Crippen LogP contribution in [-0.2, 0) is 16.4 Å². The molecular formula is C16H14FN3O3S. The minimum Gasteiger partial charge on any atom is -0.421 e. The molecule has 0 saturated heterocycles. The van der Waals surface area contributed by atoms with E-state index in [4.69, 9.17) is 4.42 Å². The molecule has 0 spiro atoms. The van der Waals surface area contributed by atoms with Crippen LogP contribution in [0.2, 0.25) is 0 Å². The van der Waals surface area contributed by atoms with Crippen molar-refractivity contribution in [2.24, 2.45) is 0 Å². The maximum Gasteiger partial charge on any atom is 0.247 e. The molecule has 6 nitrogen and oxygen atoms in total. The fraction of sp³-hybridized carbons (Fsp3) is 0.125. The van der Waals surface area contributed by atoms with Crippen LogP contribution in [0.4, 0.5) is 4.39 Å². The molecule has 0 aliphatic carbocycles. The minimum atomic E-state index is -3.92. The van der Waals surface area contributed by atoms with E-state index in [0.717, 1.165) is 11.6 Å². The Morgan fingerprint density at radius 2 is 1.71 bits per heavy atom. The second-order valence-electron chi connectivity index (χ2n) is 4.95. The van der Waals surface area contributed by atoms with Crippen LogP contribution in [0.3, 0.4) is 0 Å². The van der Waals surface area contributed by atoms with Crippen molar-refractivity contribution in [2.45, 2.75) is 11.3 Å². The van der Waals surface area contributed by atoms with Gasteiger partial charge in [-0.3, -0.25) is 0 Å². The molecular weight excluding hydrogens is 333 g/mol. The molecule has 8 heteroatoms. The van der Waals surface area contributed by atoms with Crippen molar-refractivity contribution in [1.82, 2.24) is 14.9 Å². The first-order chi connectivity index (χ1) is 11.6. The van der Waals surface area contributed by atoms with E-state index in [-0.39, 0.29) is 17.9 Å². The minimum absolute atomic E-state index is 0.0209. The zero-order valence-electron chi connectivity index (χ0n) is 12.5. The summed E-state index contributed by atoms with van der Waals surface area (Å²) in [5, 5.41) is 7.80. The Morgan fingerprint density at radius 3 is 2.46 bits per heavy atom. The molecule has 0 amide bonds. The van der Waals surface area contributed by atoms with Gasteiger partial charge in [0.1, 0.15) is 10.7 Å². The quantitative estimate of drug-likeness (QED) is 0.740. The molecule has 0 bridgehead atoms. The molecule has 2 aromatic carbocycles. The maximum atomic E-state index is 13.6. The second-order valence-corrected chi connectivity index (χ2v) is 6.68. The standard InChI is InChI=1S/C16H14FN3O3S/c17-13-8-4-5-9-14(13)24(21,22)18-11-10-15-19-20-16(23-15)12-6-2-1-3-7-12/h1-9,18H,10-11H2. The number of hydrogen-bond donors (Lipinski definition) is 1. The SMILES string of the molecule is O=S(=O)(NCCc1nnc(-c2ccccc2)o1)c1ccccc1F. The van der Waals surface area contributed by atoms with Crippen LogP contribution in [0.15, 0.2) is 63.9 Å². The summed E-state index contributed by atoms with van der Waals surface area (Å²) in [5.74, 6) is -0.137. The highest BCUT2D eigenvalue weighted by atomic mass is 32.2. The van der Waals surface area contributed by atoms with E-state index >= 15 is 0 Å². The molecule has 0 aliphatic heterocycles. The van der Waals surface area contributed by atoms with Crippen molar-refractivity contribution in [2.75, 3.05) is 6.54 Å². The van der Waals surface area contributed by atoms with Crippen molar-refractivity contribution in [3.63, 3.8) is 0 Å². The van der Waals surface area contributed by atoms with Crippen LogP contribution in [-0.4, -0.2) is 25.2 Å². The van der Waals surface area contributed by atoms with Crippen LogP contribution >= 0.6 is 0 Å². The highest BCUT2D eigenvalue weighted by Gasteiger charge is 2.18. The molecule has 1 N–H and O–H groups in total. The van der Waals surface area contributed by atoms with Gasteiger partial charge in [-0.2, -0.15) is 0 Å². The van der Waals surface area contributed by atoms with Gasteiger partial charge in [-0.05, 0) is 24.3 Å². The smallest absolute Gasteiger partial charge is 0.247 e. The number of nitrogens with zero attached hydrogens (tertiary/aromatic N) is 2. The summed E-state index contributed by atoms with van der Waals surface area (Å²) in [6.45, 7) is 0.0209. The van der Waals surface area contributed by atoms with Crippen LogP contribution in [0, 0.1) is 5.82 Å². The van der Waals surface area contributed by atoms with E-state index in [1.165, 1.54) is 18.2 Å². The number of nitrogens with one attached hydrogen (secondary N) is 1. The zero-order valence-corrected chi connectivity index (χ0v) is 13.3. The molecule has 1 heterocycles. The van der Waals surface area contributed by atoms with Gasteiger partial charge in [0.2, 0.25) is 21.8 Å². The van der Waals surface area contributed by atoms with Crippen LogP contribution in [0.25, 0.3) is 11.5 Å². The van der Waals surface area contributed by atoms with E-state index in [1.807, 2.05) is 30.3 Å². The predicted molar refractivity (Wildman–Crippen MR) is 85.0 cm³/mol. The molecule has 1 aromatic heterocycles. The zero-order chi connectivity index (χ0) is 17.0. The molecule has 0 unspecified atom stereocenters. The molecule has 124 valence electrons. The molecule has 24 heavy (non-hydrogen) atoms. The van der Waals surface area contributed by atoms with E-state index in [9.17, 15) is 12.8 Å². The van der Waals surface area contributed by atoms with Gasteiger partial charge in [0.25, 0.3) is 0 Å². The highest BCUT2D eigenvalue weighted by Crippen LogP contribution is 2.17. The number of sulfonamides is 1. The molecule has 3 aromatic rings. The van der Waals surface area contributed by atoms with Crippen molar-refractivity contribution >= 4 is 10.0 Å². The van der Waals surface area contributed by atoms with E-state index in [1.54, 1.807) is 0 Å². The van der Waals surface area contributed by atoms with E-state index < -0.39 is 15.8 Å². The number of aromatic nitrogens is 2. The Bertz CT molecular complexity index is 927. The van der Waals surface area contributed by atoms with Crippen molar-refractivity contribution in [1.29, 1.82) is 0 Å². The second kappa shape index (κ2) is 6.90. The van der Waals surface area contributed by atoms with Crippen LogP contribution < -0.4 is 4.72 Å². The van der Waals surface area contributed by atoms with Gasteiger partial charge in [0.05, 0.1) is 0 Å². The van der Waals surface area contributed by atoms with Gasteiger partial charge in [0, 0.05) is 18.5 Å². The summed E-state index contributed by atoms with van der Waals surface area (Å²) in [5.41, 5.74) is 0.781. The lowest BCUT2D eigenvalue weighted by molar-refractivity contribution is 0.501. The average molecular weight is 347 g/mol. The van der Waals surface area contributed by atoms with Gasteiger partial charge in [0.15, 0.2) is 0 Å². The van der Waals surface area contributed by atoms with E-state index in [0.29, 0.717) is 11.8 Å². The van der Waals surface area contributed by atoms with Crippen molar-refractivity contribution in [3.8, 4) is 11.5 Å². The van der Waals surface area contributed by atoms with Crippen molar-refractivity contribution in [3.05, 3.63) is 66.3 Å².